The molecule has 3 rings (SSSR count). The van der Waals surface area contributed by atoms with Gasteiger partial charge in [0.25, 0.3) is 5.91 Å². The molecule has 0 aliphatic carbocycles. The highest BCUT2D eigenvalue weighted by molar-refractivity contribution is 7.00. The van der Waals surface area contributed by atoms with Crippen molar-refractivity contribution in [2.24, 2.45) is 0 Å². The van der Waals surface area contributed by atoms with E-state index in [0.717, 1.165) is 11.7 Å². The Morgan fingerprint density at radius 1 is 1.24 bits per heavy atom. The molecule has 0 bridgehead atoms. The van der Waals surface area contributed by atoms with Gasteiger partial charge in [-0.25, -0.2) is 9.97 Å². The monoisotopic (exact) mass is 320 g/mol. The van der Waals surface area contributed by atoms with Gasteiger partial charge in [0.05, 0.1) is 34.8 Å². The van der Waals surface area contributed by atoms with Gasteiger partial charge in [-0.2, -0.15) is 8.75 Å². The van der Waals surface area contributed by atoms with Crippen molar-refractivity contribution < 1.29 is 4.79 Å². The summed E-state index contributed by atoms with van der Waals surface area (Å²) in [5.74, 6) is 0.169. The second kappa shape index (κ2) is 5.58. The molecule has 7 nitrogen and oxygen atoms in total. The van der Waals surface area contributed by atoms with Gasteiger partial charge in [0.2, 0.25) is 0 Å². The number of amides is 1. The molecular formula is C12H9ClN6OS. The first-order valence-corrected chi connectivity index (χ1v) is 7.02. The standard InChI is InChI=1S/C12H9ClN6OS/c1-14-9-5-15-8(4-16-9)12(20)17-10-6(13)2-3-7-11(10)19-21-18-7/h2-5H,1H3,(H,14,16)(H,17,20). The normalized spacial score (nSPS) is 10.6. The molecule has 1 aromatic carbocycles. The van der Waals surface area contributed by atoms with Gasteiger partial charge in [-0.15, -0.1) is 0 Å². The van der Waals surface area contributed by atoms with E-state index in [0.29, 0.717) is 27.6 Å². The summed E-state index contributed by atoms with van der Waals surface area (Å²) in [5.41, 5.74) is 1.84. The van der Waals surface area contributed by atoms with Crippen molar-refractivity contribution in [1.29, 1.82) is 0 Å². The van der Waals surface area contributed by atoms with E-state index < -0.39 is 5.91 Å². The molecule has 2 N–H and O–H groups in total. The average Bonchev–Trinajstić information content (AvgIpc) is 2.99. The van der Waals surface area contributed by atoms with E-state index in [1.165, 1.54) is 12.4 Å². The minimum atomic E-state index is -0.410. The molecule has 0 radical (unpaired) electrons. The zero-order chi connectivity index (χ0) is 14.8. The molecule has 9 heteroatoms. The number of hydrogen-bond donors (Lipinski definition) is 2. The Hall–Kier alpha value is -2.32. The number of carbonyl (C=O) groups is 1. The van der Waals surface area contributed by atoms with Crippen LogP contribution in [0.25, 0.3) is 11.0 Å². The fourth-order valence-corrected chi connectivity index (χ4v) is 2.44. The molecule has 0 fully saturated rings. The first-order valence-electron chi connectivity index (χ1n) is 5.91. The van der Waals surface area contributed by atoms with Crippen molar-refractivity contribution >= 4 is 51.8 Å². The fourth-order valence-electron chi connectivity index (χ4n) is 1.70. The number of rotatable bonds is 3. The number of fused-ring (bicyclic) bond motifs is 1. The highest BCUT2D eigenvalue weighted by atomic mass is 35.5. The minimum Gasteiger partial charge on any atom is -0.372 e. The van der Waals surface area contributed by atoms with Gasteiger partial charge in [-0.3, -0.25) is 4.79 Å². The second-order valence-corrected chi connectivity index (χ2v) is 4.98. The highest BCUT2D eigenvalue weighted by Gasteiger charge is 2.15. The van der Waals surface area contributed by atoms with E-state index in [1.807, 2.05) is 0 Å². The third-order valence-corrected chi connectivity index (χ3v) is 3.61. The maximum Gasteiger partial charge on any atom is 0.275 e. The second-order valence-electron chi connectivity index (χ2n) is 4.05. The summed E-state index contributed by atoms with van der Waals surface area (Å²) in [6, 6.07) is 3.41. The molecule has 0 unspecified atom stereocenters. The van der Waals surface area contributed by atoms with Gasteiger partial charge >= 0.3 is 0 Å². The summed E-state index contributed by atoms with van der Waals surface area (Å²) in [7, 11) is 1.72. The lowest BCUT2D eigenvalue weighted by Gasteiger charge is -2.07. The lowest BCUT2D eigenvalue weighted by Crippen LogP contribution is -2.15. The Kier molecular flexibility index (Phi) is 3.63. The zero-order valence-corrected chi connectivity index (χ0v) is 12.4. The molecule has 0 atom stereocenters. The van der Waals surface area contributed by atoms with Crippen LogP contribution in [0.3, 0.4) is 0 Å². The largest absolute Gasteiger partial charge is 0.372 e. The summed E-state index contributed by atoms with van der Waals surface area (Å²) >= 11 is 7.17. The molecule has 0 saturated carbocycles. The lowest BCUT2D eigenvalue weighted by atomic mass is 10.2. The molecule has 2 heterocycles. The molecule has 1 amide bonds. The van der Waals surface area contributed by atoms with Gasteiger partial charge in [-0.1, -0.05) is 11.6 Å². The first kappa shape index (κ1) is 13.7. The Morgan fingerprint density at radius 3 is 2.81 bits per heavy atom. The molecule has 21 heavy (non-hydrogen) atoms. The van der Waals surface area contributed by atoms with Crippen LogP contribution in [0.1, 0.15) is 10.5 Å². The summed E-state index contributed by atoms with van der Waals surface area (Å²) < 4.78 is 8.25. The average molecular weight is 321 g/mol. The number of benzene rings is 1. The third kappa shape index (κ3) is 2.63. The van der Waals surface area contributed by atoms with Crippen LogP contribution in [0, 0.1) is 0 Å². The Balaban J connectivity index is 1.92. The molecule has 3 aromatic rings. The van der Waals surface area contributed by atoms with Crippen LogP contribution >= 0.6 is 23.3 Å². The van der Waals surface area contributed by atoms with E-state index in [1.54, 1.807) is 19.2 Å². The summed E-state index contributed by atoms with van der Waals surface area (Å²) in [5, 5.41) is 5.92. The van der Waals surface area contributed by atoms with Gasteiger partial charge in [0, 0.05) is 7.05 Å². The van der Waals surface area contributed by atoms with Crippen LogP contribution in [-0.2, 0) is 0 Å². The summed E-state index contributed by atoms with van der Waals surface area (Å²) in [4.78, 5) is 20.3. The van der Waals surface area contributed by atoms with Crippen LogP contribution in [0.5, 0.6) is 0 Å². The maximum absolute atomic E-state index is 12.2. The highest BCUT2D eigenvalue weighted by Crippen LogP contribution is 2.30. The van der Waals surface area contributed by atoms with Crippen molar-refractivity contribution in [2.45, 2.75) is 0 Å². The number of nitrogens with zero attached hydrogens (tertiary/aromatic N) is 4. The predicted octanol–water partition coefficient (Wildman–Crippen LogP) is 2.43. The number of carbonyl (C=O) groups excluding carboxylic acids is 1. The number of nitrogens with one attached hydrogen (secondary N) is 2. The first-order chi connectivity index (χ1) is 10.2. The summed E-state index contributed by atoms with van der Waals surface area (Å²) in [6.45, 7) is 0. The fraction of sp³-hybridized carbons (Fsp3) is 0.0833. The Labute approximate surface area is 128 Å². The summed E-state index contributed by atoms with van der Waals surface area (Å²) in [6.07, 6.45) is 2.86. The smallest absolute Gasteiger partial charge is 0.275 e. The number of hydrogen-bond acceptors (Lipinski definition) is 7. The van der Waals surface area contributed by atoms with E-state index in [2.05, 4.69) is 29.3 Å². The van der Waals surface area contributed by atoms with Crippen LogP contribution in [-0.4, -0.2) is 31.7 Å². The maximum atomic E-state index is 12.2. The van der Waals surface area contributed by atoms with E-state index in [9.17, 15) is 4.79 Å². The molecule has 106 valence electrons. The lowest BCUT2D eigenvalue weighted by molar-refractivity contribution is 0.102. The van der Waals surface area contributed by atoms with E-state index >= 15 is 0 Å². The van der Waals surface area contributed by atoms with Crippen molar-refractivity contribution in [1.82, 2.24) is 18.7 Å². The molecule has 2 aromatic heterocycles. The predicted molar refractivity (Wildman–Crippen MR) is 82.0 cm³/mol. The van der Waals surface area contributed by atoms with E-state index in [-0.39, 0.29) is 5.69 Å². The van der Waals surface area contributed by atoms with Crippen molar-refractivity contribution in [2.75, 3.05) is 17.7 Å². The Morgan fingerprint density at radius 2 is 2.10 bits per heavy atom. The number of anilines is 2. The molecule has 0 saturated heterocycles. The molecule has 0 spiro atoms. The van der Waals surface area contributed by atoms with Crippen LogP contribution in [0.15, 0.2) is 24.5 Å². The van der Waals surface area contributed by atoms with Gasteiger partial charge in [0.1, 0.15) is 22.5 Å². The zero-order valence-electron chi connectivity index (χ0n) is 10.8. The topological polar surface area (TPSA) is 92.7 Å². The molecule has 0 aliphatic rings. The number of aromatic nitrogens is 4. The van der Waals surface area contributed by atoms with Crippen molar-refractivity contribution in [3.05, 3.63) is 35.2 Å². The van der Waals surface area contributed by atoms with Gasteiger partial charge in [0.15, 0.2) is 0 Å². The minimum absolute atomic E-state index is 0.185. The van der Waals surface area contributed by atoms with Crippen molar-refractivity contribution in [3.8, 4) is 0 Å². The molecule has 0 aliphatic heterocycles. The van der Waals surface area contributed by atoms with Gasteiger partial charge < -0.3 is 10.6 Å². The van der Waals surface area contributed by atoms with Crippen LogP contribution in [0.2, 0.25) is 5.02 Å². The molecular weight excluding hydrogens is 312 g/mol. The van der Waals surface area contributed by atoms with Gasteiger partial charge in [-0.05, 0) is 12.1 Å². The van der Waals surface area contributed by atoms with Crippen LogP contribution < -0.4 is 10.6 Å². The number of halogens is 1. The van der Waals surface area contributed by atoms with E-state index in [4.69, 9.17) is 11.6 Å². The Bertz CT molecular complexity index is 803. The quantitative estimate of drug-likeness (QED) is 0.770. The van der Waals surface area contributed by atoms with Crippen molar-refractivity contribution in [3.63, 3.8) is 0 Å². The third-order valence-electron chi connectivity index (χ3n) is 2.76. The SMILES string of the molecule is CNc1cnc(C(=O)Nc2c(Cl)ccc3nsnc23)cn1. The van der Waals surface area contributed by atoms with Crippen LogP contribution in [0.4, 0.5) is 11.5 Å².